The molecule has 1 saturated carbocycles. The first-order valence-corrected chi connectivity index (χ1v) is 6.56. The summed E-state index contributed by atoms with van der Waals surface area (Å²) in [6, 6.07) is 0.222. The van der Waals surface area contributed by atoms with E-state index in [9.17, 15) is 0 Å². The first kappa shape index (κ1) is 13.0. The van der Waals surface area contributed by atoms with Crippen molar-refractivity contribution in [3.8, 4) is 0 Å². The van der Waals surface area contributed by atoms with Crippen molar-refractivity contribution in [1.29, 1.82) is 0 Å². The summed E-state index contributed by atoms with van der Waals surface area (Å²) in [7, 11) is 0. The summed E-state index contributed by atoms with van der Waals surface area (Å²) in [5, 5.41) is 0. The third-order valence-corrected chi connectivity index (χ3v) is 3.85. The first-order chi connectivity index (χ1) is 7.16. The number of rotatable bonds is 6. The van der Waals surface area contributed by atoms with E-state index in [1.165, 1.54) is 25.7 Å². The van der Waals surface area contributed by atoms with Crippen molar-refractivity contribution >= 4 is 0 Å². The molecule has 2 heteroatoms. The molecule has 1 rings (SSSR count). The van der Waals surface area contributed by atoms with Crippen LogP contribution in [0.1, 0.15) is 59.3 Å². The summed E-state index contributed by atoms with van der Waals surface area (Å²) in [5.41, 5.74) is 6.41. The van der Waals surface area contributed by atoms with E-state index >= 15 is 0 Å². The average molecular weight is 213 g/mol. The Morgan fingerprint density at radius 2 is 1.87 bits per heavy atom. The maximum absolute atomic E-state index is 6.40. The van der Waals surface area contributed by atoms with Crippen LogP contribution in [-0.2, 0) is 4.74 Å². The Hall–Kier alpha value is -0.0800. The summed E-state index contributed by atoms with van der Waals surface area (Å²) < 4.78 is 5.99. The van der Waals surface area contributed by atoms with E-state index in [0.29, 0.717) is 5.92 Å². The van der Waals surface area contributed by atoms with Gasteiger partial charge in [0.15, 0.2) is 0 Å². The highest BCUT2D eigenvalue weighted by Gasteiger charge is 2.42. The van der Waals surface area contributed by atoms with E-state index in [0.717, 1.165) is 19.4 Å². The van der Waals surface area contributed by atoms with Crippen molar-refractivity contribution in [2.45, 2.75) is 70.9 Å². The zero-order chi connectivity index (χ0) is 11.3. The van der Waals surface area contributed by atoms with E-state index in [4.69, 9.17) is 10.5 Å². The molecule has 15 heavy (non-hydrogen) atoms. The van der Waals surface area contributed by atoms with Crippen molar-refractivity contribution in [2.75, 3.05) is 6.61 Å². The Morgan fingerprint density at radius 3 is 2.33 bits per heavy atom. The third kappa shape index (κ3) is 2.94. The molecule has 0 bridgehead atoms. The van der Waals surface area contributed by atoms with E-state index < -0.39 is 0 Å². The van der Waals surface area contributed by atoms with E-state index in [2.05, 4.69) is 20.8 Å². The monoisotopic (exact) mass is 213 g/mol. The third-order valence-electron chi connectivity index (χ3n) is 3.85. The molecule has 0 amide bonds. The van der Waals surface area contributed by atoms with Gasteiger partial charge in [0.2, 0.25) is 0 Å². The topological polar surface area (TPSA) is 35.2 Å². The normalized spacial score (nSPS) is 24.0. The van der Waals surface area contributed by atoms with Crippen LogP contribution in [0, 0.1) is 5.92 Å². The van der Waals surface area contributed by atoms with Gasteiger partial charge in [-0.15, -0.1) is 0 Å². The molecular formula is C13H27NO. The maximum atomic E-state index is 6.40. The molecule has 1 fully saturated rings. The summed E-state index contributed by atoms with van der Waals surface area (Å²) in [5.74, 6) is 0.583. The quantitative estimate of drug-likeness (QED) is 0.736. The van der Waals surface area contributed by atoms with Gasteiger partial charge in [0.1, 0.15) is 0 Å². The van der Waals surface area contributed by atoms with Crippen LogP contribution in [0.4, 0.5) is 0 Å². The van der Waals surface area contributed by atoms with Gasteiger partial charge in [-0.25, -0.2) is 0 Å². The molecule has 2 nitrogen and oxygen atoms in total. The van der Waals surface area contributed by atoms with E-state index in [1.54, 1.807) is 0 Å². The standard InChI is InChI=1S/C13H27NO/c1-4-8-11(3)12(14)13(15-5-2)9-6-7-10-13/h11-12H,4-10,14H2,1-3H3. The molecule has 1 aliphatic carbocycles. The highest BCUT2D eigenvalue weighted by atomic mass is 16.5. The van der Waals surface area contributed by atoms with Crippen molar-refractivity contribution < 1.29 is 4.74 Å². The Balaban J connectivity index is 2.62. The lowest BCUT2D eigenvalue weighted by atomic mass is 9.82. The molecule has 0 saturated heterocycles. The molecule has 1 aliphatic rings. The van der Waals surface area contributed by atoms with Crippen LogP contribution in [0.3, 0.4) is 0 Å². The van der Waals surface area contributed by atoms with E-state index in [1.807, 2.05) is 0 Å². The molecule has 0 aliphatic heterocycles. The van der Waals surface area contributed by atoms with E-state index in [-0.39, 0.29) is 11.6 Å². The molecule has 90 valence electrons. The molecule has 2 atom stereocenters. The van der Waals surface area contributed by atoms with Gasteiger partial charge >= 0.3 is 0 Å². The van der Waals surface area contributed by atoms with Crippen LogP contribution >= 0.6 is 0 Å². The largest absolute Gasteiger partial charge is 0.374 e. The minimum Gasteiger partial charge on any atom is -0.374 e. The smallest absolute Gasteiger partial charge is 0.0835 e. The van der Waals surface area contributed by atoms with Gasteiger partial charge in [-0.3, -0.25) is 0 Å². The minimum atomic E-state index is 0.00331. The van der Waals surface area contributed by atoms with Gasteiger partial charge in [0.25, 0.3) is 0 Å². The fourth-order valence-electron chi connectivity index (χ4n) is 2.99. The highest BCUT2D eigenvalue weighted by molar-refractivity contribution is 4.97. The summed E-state index contributed by atoms with van der Waals surface area (Å²) in [4.78, 5) is 0. The molecule has 0 spiro atoms. The van der Waals surface area contributed by atoms with Crippen molar-refractivity contribution in [3.63, 3.8) is 0 Å². The van der Waals surface area contributed by atoms with Crippen LogP contribution < -0.4 is 5.73 Å². The van der Waals surface area contributed by atoms with Gasteiger partial charge in [0.05, 0.1) is 5.60 Å². The van der Waals surface area contributed by atoms with Crippen LogP contribution in [0.5, 0.6) is 0 Å². The lowest BCUT2D eigenvalue weighted by Crippen LogP contribution is -2.51. The fourth-order valence-corrected chi connectivity index (χ4v) is 2.99. The SMILES string of the molecule is CCCC(C)C(N)C1(OCC)CCCC1. The Kier molecular flexibility index (Phi) is 5.07. The van der Waals surface area contributed by atoms with Crippen LogP contribution in [0.15, 0.2) is 0 Å². The molecule has 2 unspecified atom stereocenters. The fraction of sp³-hybridized carbons (Fsp3) is 1.00. The second kappa shape index (κ2) is 5.86. The Labute approximate surface area is 94.6 Å². The van der Waals surface area contributed by atoms with Gasteiger partial charge in [0, 0.05) is 12.6 Å². The van der Waals surface area contributed by atoms with Crippen molar-refractivity contribution in [3.05, 3.63) is 0 Å². The second-order valence-corrected chi connectivity index (χ2v) is 5.00. The second-order valence-electron chi connectivity index (χ2n) is 5.00. The number of nitrogens with two attached hydrogens (primary N) is 1. The van der Waals surface area contributed by atoms with Gasteiger partial charge in [-0.1, -0.05) is 33.1 Å². The zero-order valence-electron chi connectivity index (χ0n) is 10.6. The first-order valence-electron chi connectivity index (χ1n) is 6.56. The molecule has 0 heterocycles. The highest BCUT2D eigenvalue weighted by Crippen LogP contribution is 2.38. The average Bonchev–Trinajstić information content (AvgIpc) is 2.67. The Morgan fingerprint density at radius 1 is 1.27 bits per heavy atom. The van der Waals surface area contributed by atoms with Gasteiger partial charge < -0.3 is 10.5 Å². The van der Waals surface area contributed by atoms with Crippen molar-refractivity contribution in [2.24, 2.45) is 11.7 Å². The maximum Gasteiger partial charge on any atom is 0.0835 e. The zero-order valence-corrected chi connectivity index (χ0v) is 10.6. The van der Waals surface area contributed by atoms with Crippen LogP contribution in [0.2, 0.25) is 0 Å². The molecular weight excluding hydrogens is 186 g/mol. The number of ether oxygens (including phenoxy) is 1. The number of hydrogen-bond donors (Lipinski definition) is 1. The molecule has 0 aromatic carbocycles. The van der Waals surface area contributed by atoms with Crippen LogP contribution in [0.25, 0.3) is 0 Å². The molecule has 0 aromatic rings. The summed E-state index contributed by atoms with van der Waals surface area (Å²) in [6.45, 7) is 7.38. The lowest BCUT2D eigenvalue weighted by Gasteiger charge is -2.38. The minimum absolute atomic E-state index is 0.00331. The summed E-state index contributed by atoms with van der Waals surface area (Å²) in [6.07, 6.45) is 7.33. The Bertz CT molecular complexity index is 175. The molecule has 0 aromatic heterocycles. The summed E-state index contributed by atoms with van der Waals surface area (Å²) >= 11 is 0. The molecule has 2 N–H and O–H groups in total. The number of hydrogen-bond acceptors (Lipinski definition) is 2. The van der Waals surface area contributed by atoms with Crippen molar-refractivity contribution in [1.82, 2.24) is 0 Å². The lowest BCUT2D eigenvalue weighted by molar-refractivity contribution is -0.0645. The predicted molar refractivity (Wildman–Crippen MR) is 64.9 cm³/mol. The predicted octanol–water partition coefficient (Wildman–Crippen LogP) is 3.10. The van der Waals surface area contributed by atoms with Crippen LogP contribution in [-0.4, -0.2) is 18.2 Å². The molecule has 0 radical (unpaired) electrons. The van der Waals surface area contributed by atoms with Gasteiger partial charge in [-0.05, 0) is 32.1 Å². The van der Waals surface area contributed by atoms with Gasteiger partial charge in [-0.2, -0.15) is 0 Å².